The molecular weight excluding hydrogens is 364 g/mol. The molecule has 0 unspecified atom stereocenters. The number of rotatable bonds is 6. The minimum atomic E-state index is -0.411. The zero-order chi connectivity index (χ0) is 20.1. The predicted octanol–water partition coefficient (Wildman–Crippen LogP) is 3.50. The van der Waals surface area contributed by atoms with Crippen LogP contribution >= 0.6 is 0 Å². The van der Waals surface area contributed by atoms with E-state index >= 15 is 0 Å². The monoisotopic (exact) mass is 388 g/mol. The number of carbonyl (C=O) groups is 1. The summed E-state index contributed by atoms with van der Waals surface area (Å²) in [5.74, 6) is 0.337. The summed E-state index contributed by atoms with van der Waals surface area (Å²) in [6.07, 6.45) is 7.33. The number of nitrogens with one attached hydrogen (secondary N) is 1. The first-order valence-corrected chi connectivity index (χ1v) is 9.75. The van der Waals surface area contributed by atoms with Crippen molar-refractivity contribution in [3.05, 3.63) is 72.2 Å². The largest absolute Gasteiger partial charge is 0.466 e. The summed E-state index contributed by atoms with van der Waals surface area (Å²) in [7, 11) is 1.34. The standard InChI is InChI=1S/C23H24N4O2/c1-29-23(28)10-9-19-13-25-22(14-24-19)26-20-11-12-27(16-20)15-18-7-4-6-17-5-2-3-8-21(17)18/h2-10,13-14,20H,11-12,15-16H2,1H3,(H,25,26)/t20-/m1/s1. The summed E-state index contributed by atoms with van der Waals surface area (Å²) in [5.41, 5.74) is 1.98. The Kier molecular flexibility index (Phi) is 5.81. The number of carbonyl (C=O) groups excluding carboxylic acids is 1. The fraction of sp³-hybridized carbons (Fsp3) is 0.261. The summed E-state index contributed by atoms with van der Waals surface area (Å²) in [6, 6.07) is 15.4. The third kappa shape index (κ3) is 4.78. The van der Waals surface area contributed by atoms with Crippen LogP contribution in [-0.2, 0) is 16.1 Å². The lowest BCUT2D eigenvalue weighted by atomic mass is 10.0. The first kappa shape index (κ1) is 19.1. The summed E-state index contributed by atoms with van der Waals surface area (Å²) < 4.78 is 4.57. The van der Waals surface area contributed by atoms with Gasteiger partial charge in [-0.05, 0) is 28.8 Å². The van der Waals surface area contributed by atoms with Crippen molar-refractivity contribution in [1.82, 2.24) is 14.9 Å². The number of likely N-dealkylation sites (tertiary alicyclic amines) is 1. The number of esters is 1. The molecule has 1 N–H and O–H groups in total. The number of benzene rings is 2. The molecule has 2 heterocycles. The highest BCUT2D eigenvalue weighted by molar-refractivity contribution is 5.86. The summed E-state index contributed by atoms with van der Waals surface area (Å²) in [5, 5.41) is 6.08. The molecular formula is C23H24N4O2. The van der Waals surface area contributed by atoms with Gasteiger partial charge in [0.15, 0.2) is 0 Å². The summed E-state index contributed by atoms with van der Waals surface area (Å²) >= 11 is 0. The van der Waals surface area contributed by atoms with Gasteiger partial charge in [0.05, 0.1) is 25.2 Å². The van der Waals surface area contributed by atoms with Gasteiger partial charge in [0, 0.05) is 31.8 Å². The maximum atomic E-state index is 11.1. The van der Waals surface area contributed by atoms with E-state index in [9.17, 15) is 4.79 Å². The van der Waals surface area contributed by atoms with E-state index in [0.29, 0.717) is 11.7 Å². The lowest BCUT2D eigenvalue weighted by Gasteiger charge is -2.18. The first-order valence-electron chi connectivity index (χ1n) is 9.75. The summed E-state index contributed by atoms with van der Waals surface area (Å²) in [4.78, 5) is 22.3. The van der Waals surface area contributed by atoms with Crippen LogP contribution < -0.4 is 5.32 Å². The van der Waals surface area contributed by atoms with Crippen LogP contribution in [0.15, 0.2) is 60.9 Å². The van der Waals surface area contributed by atoms with Crippen LogP contribution in [0.25, 0.3) is 16.8 Å². The van der Waals surface area contributed by atoms with Gasteiger partial charge in [0.2, 0.25) is 0 Å². The number of methoxy groups -OCH3 is 1. The molecule has 2 aromatic carbocycles. The number of anilines is 1. The van der Waals surface area contributed by atoms with Crippen molar-refractivity contribution in [2.24, 2.45) is 0 Å². The van der Waals surface area contributed by atoms with E-state index in [2.05, 4.69) is 67.4 Å². The second-order valence-electron chi connectivity index (χ2n) is 7.19. The highest BCUT2D eigenvalue weighted by Gasteiger charge is 2.23. The molecule has 6 nitrogen and oxygen atoms in total. The van der Waals surface area contributed by atoms with Crippen LogP contribution in [0.4, 0.5) is 5.82 Å². The number of hydrogen-bond donors (Lipinski definition) is 1. The summed E-state index contributed by atoms with van der Waals surface area (Å²) in [6.45, 7) is 2.96. The van der Waals surface area contributed by atoms with Crippen LogP contribution in [0.3, 0.4) is 0 Å². The highest BCUT2D eigenvalue weighted by Crippen LogP contribution is 2.22. The van der Waals surface area contributed by atoms with Gasteiger partial charge in [-0.1, -0.05) is 42.5 Å². The van der Waals surface area contributed by atoms with Crippen molar-refractivity contribution < 1.29 is 9.53 Å². The Hall–Kier alpha value is -3.25. The molecule has 0 saturated carbocycles. The molecule has 0 spiro atoms. The Morgan fingerprint density at radius 3 is 2.90 bits per heavy atom. The van der Waals surface area contributed by atoms with E-state index in [1.807, 2.05) is 0 Å². The number of nitrogens with zero attached hydrogens (tertiary/aromatic N) is 3. The van der Waals surface area contributed by atoms with Crippen LogP contribution in [0.2, 0.25) is 0 Å². The van der Waals surface area contributed by atoms with Crippen LogP contribution in [0.1, 0.15) is 17.7 Å². The molecule has 1 aromatic heterocycles. The Morgan fingerprint density at radius 2 is 2.07 bits per heavy atom. The van der Waals surface area contributed by atoms with E-state index in [4.69, 9.17) is 0 Å². The van der Waals surface area contributed by atoms with Gasteiger partial charge in [-0.25, -0.2) is 9.78 Å². The SMILES string of the molecule is COC(=O)C=Cc1cnc(N[C@@H]2CCN(Cc3cccc4ccccc34)C2)cn1. The van der Waals surface area contributed by atoms with E-state index < -0.39 is 5.97 Å². The average molecular weight is 388 g/mol. The smallest absolute Gasteiger partial charge is 0.330 e. The highest BCUT2D eigenvalue weighted by atomic mass is 16.5. The molecule has 0 amide bonds. The molecule has 148 valence electrons. The van der Waals surface area contributed by atoms with Gasteiger partial charge in [0.1, 0.15) is 5.82 Å². The van der Waals surface area contributed by atoms with Gasteiger partial charge >= 0.3 is 5.97 Å². The molecule has 6 heteroatoms. The third-order valence-electron chi connectivity index (χ3n) is 5.16. The molecule has 29 heavy (non-hydrogen) atoms. The van der Waals surface area contributed by atoms with Crippen LogP contribution in [0, 0.1) is 0 Å². The number of ether oxygens (including phenoxy) is 1. The van der Waals surface area contributed by atoms with Crippen molar-refractivity contribution in [3.63, 3.8) is 0 Å². The first-order chi connectivity index (χ1) is 14.2. The number of aromatic nitrogens is 2. The average Bonchev–Trinajstić information content (AvgIpc) is 3.20. The van der Waals surface area contributed by atoms with Gasteiger partial charge in [-0.2, -0.15) is 0 Å². The molecule has 0 radical (unpaired) electrons. The second kappa shape index (κ2) is 8.84. The van der Waals surface area contributed by atoms with Gasteiger partial charge in [-0.3, -0.25) is 9.88 Å². The fourth-order valence-electron chi connectivity index (χ4n) is 3.69. The minimum absolute atomic E-state index is 0.343. The van der Waals surface area contributed by atoms with Crippen molar-refractivity contribution in [3.8, 4) is 0 Å². The van der Waals surface area contributed by atoms with E-state index in [1.165, 1.54) is 29.5 Å². The lowest BCUT2D eigenvalue weighted by molar-refractivity contribution is -0.134. The minimum Gasteiger partial charge on any atom is -0.466 e. The van der Waals surface area contributed by atoms with Gasteiger partial charge in [-0.15, -0.1) is 0 Å². The van der Waals surface area contributed by atoms with Crippen molar-refractivity contribution >= 4 is 28.6 Å². The zero-order valence-electron chi connectivity index (χ0n) is 16.4. The number of hydrogen-bond acceptors (Lipinski definition) is 6. The maximum Gasteiger partial charge on any atom is 0.330 e. The van der Waals surface area contributed by atoms with Crippen LogP contribution in [0.5, 0.6) is 0 Å². The molecule has 1 aliphatic rings. The van der Waals surface area contributed by atoms with Crippen molar-refractivity contribution in [2.45, 2.75) is 19.0 Å². The Balaban J connectivity index is 1.34. The Morgan fingerprint density at radius 1 is 1.21 bits per heavy atom. The van der Waals surface area contributed by atoms with Gasteiger partial charge < -0.3 is 10.1 Å². The lowest BCUT2D eigenvalue weighted by Crippen LogP contribution is -2.26. The second-order valence-corrected chi connectivity index (χ2v) is 7.19. The predicted molar refractivity (Wildman–Crippen MR) is 114 cm³/mol. The maximum absolute atomic E-state index is 11.1. The molecule has 1 saturated heterocycles. The molecule has 1 atom stereocenters. The quantitative estimate of drug-likeness (QED) is 0.515. The molecule has 1 fully saturated rings. The topological polar surface area (TPSA) is 67.3 Å². The Labute approximate surface area is 170 Å². The van der Waals surface area contributed by atoms with Crippen molar-refractivity contribution in [1.29, 1.82) is 0 Å². The molecule has 0 bridgehead atoms. The molecule has 0 aliphatic carbocycles. The fourth-order valence-corrected chi connectivity index (χ4v) is 3.69. The van der Waals surface area contributed by atoms with E-state index in [1.54, 1.807) is 18.5 Å². The van der Waals surface area contributed by atoms with Gasteiger partial charge in [0.25, 0.3) is 0 Å². The molecule has 3 aromatic rings. The van der Waals surface area contributed by atoms with Crippen molar-refractivity contribution in [2.75, 3.05) is 25.5 Å². The normalized spacial score (nSPS) is 17.1. The molecule has 1 aliphatic heterocycles. The zero-order valence-corrected chi connectivity index (χ0v) is 16.4. The number of fused-ring (bicyclic) bond motifs is 1. The third-order valence-corrected chi connectivity index (χ3v) is 5.16. The molecule has 4 rings (SSSR count). The Bertz CT molecular complexity index is 1010. The van der Waals surface area contributed by atoms with E-state index in [0.717, 1.165) is 31.9 Å². The van der Waals surface area contributed by atoms with Crippen LogP contribution in [-0.4, -0.2) is 47.1 Å². The van der Waals surface area contributed by atoms with E-state index in [-0.39, 0.29) is 0 Å².